The molecule has 0 aromatic heterocycles. The van der Waals surface area contributed by atoms with Crippen LogP contribution in [-0.4, -0.2) is 12.5 Å². The van der Waals surface area contributed by atoms with Gasteiger partial charge in [-0.1, -0.05) is 66.0 Å². The maximum atomic E-state index is 12.8. The first-order valence-corrected chi connectivity index (χ1v) is 11.8. The minimum Gasteiger partial charge on any atom is -0.494 e. The van der Waals surface area contributed by atoms with E-state index < -0.39 is 5.91 Å². The molecule has 0 fully saturated rings. The Labute approximate surface area is 206 Å². The molecule has 0 saturated heterocycles. The molecule has 34 heavy (non-hydrogen) atoms. The zero-order valence-corrected chi connectivity index (χ0v) is 20.8. The predicted octanol–water partition coefficient (Wildman–Crippen LogP) is 7.05. The van der Waals surface area contributed by atoms with E-state index in [4.69, 9.17) is 16.3 Å². The molecule has 0 aliphatic carbocycles. The van der Waals surface area contributed by atoms with Crippen LogP contribution in [0, 0.1) is 25.2 Å². The van der Waals surface area contributed by atoms with Crippen LogP contribution in [-0.2, 0) is 17.6 Å². The topological polar surface area (TPSA) is 62.1 Å². The number of nitriles is 1. The number of halogens is 1. The normalized spacial score (nSPS) is 11.1. The smallest absolute Gasteiger partial charge is 0.266 e. The third-order valence-electron chi connectivity index (χ3n) is 5.46. The van der Waals surface area contributed by atoms with Gasteiger partial charge in [0.05, 0.1) is 6.61 Å². The lowest BCUT2D eigenvalue weighted by atomic mass is 9.98. The molecular formula is C29H29ClN2O2. The average Bonchev–Trinajstić information content (AvgIpc) is 2.79. The van der Waals surface area contributed by atoms with Crippen molar-refractivity contribution in [3.63, 3.8) is 0 Å². The number of amides is 1. The number of nitrogens with one attached hydrogen (secondary N) is 1. The predicted molar refractivity (Wildman–Crippen MR) is 139 cm³/mol. The Kier molecular flexibility index (Phi) is 8.51. The van der Waals surface area contributed by atoms with Crippen LogP contribution in [0.15, 0.2) is 60.2 Å². The van der Waals surface area contributed by atoms with Gasteiger partial charge in [-0.15, -0.1) is 0 Å². The molecule has 0 spiro atoms. The lowest BCUT2D eigenvalue weighted by Crippen LogP contribution is -2.14. The maximum absolute atomic E-state index is 12.8. The van der Waals surface area contributed by atoms with E-state index in [0.29, 0.717) is 35.1 Å². The summed E-state index contributed by atoms with van der Waals surface area (Å²) >= 11 is 6.68. The first kappa shape index (κ1) is 25.1. The summed E-state index contributed by atoms with van der Waals surface area (Å²) in [6.45, 7) is 8.55. The van der Waals surface area contributed by atoms with Crippen LogP contribution >= 0.6 is 11.6 Å². The van der Waals surface area contributed by atoms with E-state index in [1.54, 1.807) is 12.1 Å². The highest BCUT2D eigenvalue weighted by molar-refractivity contribution is 6.31. The van der Waals surface area contributed by atoms with Gasteiger partial charge < -0.3 is 10.1 Å². The Morgan fingerprint density at radius 3 is 2.44 bits per heavy atom. The number of hydrogen-bond donors (Lipinski definition) is 1. The summed E-state index contributed by atoms with van der Waals surface area (Å²) in [4.78, 5) is 12.8. The summed E-state index contributed by atoms with van der Waals surface area (Å²) in [6, 6.07) is 19.6. The molecule has 4 nitrogen and oxygen atoms in total. The molecule has 0 aliphatic heterocycles. The molecule has 1 amide bonds. The standard InChI is InChI=1S/C29H29ClN2O2/c1-5-23-9-7-8-10-27(23)32-29(33)24(18-31)14-22-16-26(30)25(28(17-22)34-6-2)15-21-12-19(3)11-20(4)13-21/h7-14,16-17H,5-6,15H2,1-4H3,(H,32,33)/b24-14+. The Morgan fingerprint density at radius 1 is 1.09 bits per heavy atom. The Morgan fingerprint density at radius 2 is 1.79 bits per heavy atom. The monoisotopic (exact) mass is 472 g/mol. The largest absolute Gasteiger partial charge is 0.494 e. The quantitative estimate of drug-likeness (QED) is 0.282. The van der Waals surface area contributed by atoms with Crippen LogP contribution in [0.1, 0.15) is 47.2 Å². The van der Waals surface area contributed by atoms with Crippen molar-refractivity contribution >= 4 is 29.3 Å². The summed E-state index contributed by atoms with van der Waals surface area (Å²) in [6.07, 6.45) is 2.94. The zero-order valence-electron chi connectivity index (χ0n) is 20.0. The Bertz CT molecular complexity index is 1250. The van der Waals surface area contributed by atoms with Gasteiger partial charge in [0.25, 0.3) is 5.91 Å². The van der Waals surface area contributed by atoms with Crippen molar-refractivity contribution in [3.8, 4) is 11.8 Å². The van der Waals surface area contributed by atoms with Gasteiger partial charge in [-0.25, -0.2) is 0 Å². The van der Waals surface area contributed by atoms with Crippen LogP contribution < -0.4 is 10.1 Å². The lowest BCUT2D eigenvalue weighted by molar-refractivity contribution is -0.112. The van der Waals surface area contributed by atoms with E-state index in [2.05, 4.69) is 37.4 Å². The summed E-state index contributed by atoms with van der Waals surface area (Å²) < 4.78 is 5.90. The van der Waals surface area contributed by atoms with Gasteiger partial charge in [-0.2, -0.15) is 5.26 Å². The Hall–Kier alpha value is -3.55. The molecule has 3 rings (SSSR count). The molecule has 174 valence electrons. The maximum Gasteiger partial charge on any atom is 0.266 e. The van der Waals surface area contributed by atoms with Gasteiger partial charge in [0.15, 0.2) is 0 Å². The number of anilines is 1. The lowest BCUT2D eigenvalue weighted by Gasteiger charge is -2.15. The summed E-state index contributed by atoms with van der Waals surface area (Å²) in [7, 11) is 0. The first-order valence-electron chi connectivity index (χ1n) is 11.4. The van der Waals surface area contributed by atoms with Crippen LogP contribution in [0.2, 0.25) is 5.02 Å². The third kappa shape index (κ3) is 6.27. The molecular weight excluding hydrogens is 444 g/mol. The molecule has 0 atom stereocenters. The van der Waals surface area contributed by atoms with E-state index in [0.717, 1.165) is 23.1 Å². The number of carbonyl (C=O) groups is 1. The van der Waals surface area contributed by atoms with Crippen molar-refractivity contribution in [3.05, 3.63) is 98.6 Å². The molecule has 0 radical (unpaired) electrons. The zero-order chi connectivity index (χ0) is 24.7. The summed E-state index contributed by atoms with van der Waals surface area (Å²) in [5.74, 6) is 0.186. The van der Waals surface area contributed by atoms with Crippen LogP contribution in [0.5, 0.6) is 5.75 Å². The molecule has 0 heterocycles. The van der Waals surface area contributed by atoms with Crippen molar-refractivity contribution < 1.29 is 9.53 Å². The highest BCUT2D eigenvalue weighted by Crippen LogP contribution is 2.32. The van der Waals surface area contributed by atoms with Crippen molar-refractivity contribution in [1.29, 1.82) is 5.26 Å². The van der Waals surface area contributed by atoms with Gasteiger partial charge in [-0.05, 0) is 68.2 Å². The van der Waals surface area contributed by atoms with Crippen molar-refractivity contribution in [2.24, 2.45) is 0 Å². The molecule has 1 N–H and O–H groups in total. The highest BCUT2D eigenvalue weighted by Gasteiger charge is 2.15. The van der Waals surface area contributed by atoms with Crippen LogP contribution in [0.25, 0.3) is 6.08 Å². The third-order valence-corrected chi connectivity index (χ3v) is 5.80. The van der Waals surface area contributed by atoms with E-state index in [1.807, 2.05) is 50.2 Å². The number of para-hydroxylation sites is 1. The van der Waals surface area contributed by atoms with Gasteiger partial charge in [-0.3, -0.25) is 4.79 Å². The number of aryl methyl sites for hydroxylation is 3. The average molecular weight is 473 g/mol. The number of ether oxygens (including phenoxy) is 1. The molecule has 3 aromatic rings. The Balaban J connectivity index is 1.93. The summed E-state index contributed by atoms with van der Waals surface area (Å²) in [5.41, 5.74) is 6.75. The number of hydrogen-bond acceptors (Lipinski definition) is 3. The minimum atomic E-state index is -0.461. The number of rotatable bonds is 8. The molecule has 0 bridgehead atoms. The number of nitrogens with zero attached hydrogens (tertiary/aromatic N) is 1. The van der Waals surface area contributed by atoms with Crippen LogP contribution in [0.3, 0.4) is 0 Å². The molecule has 3 aromatic carbocycles. The summed E-state index contributed by atoms with van der Waals surface area (Å²) in [5, 5.41) is 13.0. The van der Waals surface area contributed by atoms with Gasteiger partial charge in [0, 0.05) is 22.7 Å². The van der Waals surface area contributed by atoms with Gasteiger partial charge in [0.1, 0.15) is 17.4 Å². The van der Waals surface area contributed by atoms with E-state index in [-0.39, 0.29) is 5.57 Å². The van der Waals surface area contributed by atoms with Crippen molar-refractivity contribution in [2.45, 2.75) is 40.5 Å². The molecule has 0 saturated carbocycles. The van der Waals surface area contributed by atoms with Crippen molar-refractivity contribution in [2.75, 3.05) is 11.9 Å². The molecule has 0 aliphatic rings. The second kappa shape index (κ2) is 11.5. The minimum absolute atomic E-state index is 0.00789. The van der Waals surface area contributed by atoms with E-state index in [9.17, 15) is 10.1 Å². The van der Waals surface area contributed by atoms with E-state index in [1.165, 1.54) is 11.1 Å². The van der Waals surface area contributed by atoms with E-state index >= 15 is 0 Å². The van der Waals surface area contributed by atoms with Crippen LogP contribution in [0.4, 0.5) is 5.69 Å². The number of benzene rings is 3. The second-order valence-electron chi connectivity index (χ2n) is 8.22. The van der Waals surface area contributed by atoms with Gasteiger partial charge >= 0.3 is 0 Å². The fourth-order valence-electron chi connectivity index (χ4n) is 4.00. The highest BCUT2D eigenvalue weighted by atomic mass is 35.5. The van der Waals surface area contributed by atoms with Gasteiger partial charge in [0.2, 0.25) is 0 Å². The van der Waals surface area contributed by atoms with Crippen molar-refractivity contribution in [1.82, 2.24) is 0 Å². The molecule has 0 unspecified atom stereocenters. The SMILES string of the molecule is CCOc1cc(/C=C(\C#N)C(=O)Nc2ccccc2CC)cc(Cl)c1Cc1cc(C)cc(C)c1. The molecule has 5 heteroatoms. The second-order valence-corrected chi connectivity index (χ2v) is 8.63. The first-order chi connectivity index (χ1) is 16.3. The fourth-order valence-corrected chi connectivity index (χ4v) is 4.29. The number of carbonyl (C=O) groups excluding carboxylic acids is 1. The fraction of sp³-hybridized carbons (Fsp3) is 0.241.